The summed E-state index contributed by atoms with van der Waals surface area (Å²) >= 11 is 0. The van der Waals surface area contributed by atoms with Crippen molar-refractivity contribution in [2.24, 2.45) is 0 Å². The third-order valence-corrected chi connectivity index (χ3v) is 2.82. The predicted octanol–water partition coefficient (Wildman–Crippen LogP) is 3.40. The van der Waals surface area contributed by atoms with Gasteiger partial charge in [-0.3, -0.25) is 4.79 Å². The second-order valence-corrected chi connectivity index (χ2v) is 6.17. The van der Waals surface area contributed by atoms with Crippen molar-refractivity contribution in [3.8, 4) is 0 Å². The minimum atomic E-state index is -5.18. The molecule has 0 spiro atoms. The van der Waals surface area contributed by atoms with Crippen molar-refractivity contribution in [2.75, 3.05) is 17.7 Å². The van der Waals surface area contributed by atoms with E-state index in [1.165, 1.54) is 33.1 Å². The topological polar surface area (TPSA) is 79.5 Å². The van der Waals surface area contributed by atoms with Gasteiger partial charge in [-0.1, -0.05) is 0 Å². The van der Waals surface area contributed by atoms with Gasteiger partial charge in [-0.2, -0.15) is 13.2 Å². The Balaban J connectivity index is 3.07. The molecule has 6 nitrogen and oxygen atoms in total. The molecule has 146 valence electrons. The van der Waals surface area contributed by atoms with Gasteiger partial charge in [0.2, 0.25) is 6.04 Å². The maximum atomic E-state index is 13.8. The van der Waals surface area contributed by atoms with Crippen LogP contribution in [0.15, 0.2) is 12.1 Å². The number of alkyl halides is 3. The third kappa shape index (κ3) is 6.05. The summed E-state index contributed by atoms with van der Waals surface area (Å²) in [6.07, 6.45) is -6.67. The van der Waals surface area contributed by atoms with Gasteiger partial charge in [-0.25, -0.2) is 13.6 Å². The first kappa shape index (κ1) is 21.5. The Morgan fingerprint density at radius 3 is 2.15 bits per heavy atom. The molecule has 1 atom stereocenters. The Morgan fingerprint density at radius 1 is 1.12 bits per heavy atom. The van der Waals surface area contributed by atoms with Crippen LogP contribution >= 0.6 is 0 Å². The van der Waals surface area contributed by atoms with Crippen LogP contribution in [-0.4, -0.2) is 36.9 Å². The fourth-order valence-corrected chi connectivity index (χ4v) is 1.81. The summed E-state index contributed by atoms with van der Waals surface area (Å²) < 4.78 is 71.0. The zero-order valence-corrected chi connectivity index (χ0v) is 14.3. The molecule has 1 rings (SSSR count). The summed E-state index contributed by atoms with van der Waals surface area (Å²) in [5.41, 5.74) is -2.08. The molecule has 26 heavy (non-hydrogen) atoms. The number of rotatable bonds is 4. The van der Waals surface area contributed by atoms with Gasteiger partial charge in [0.15, 0.2) is 5.82 Å². The lowest BCUT2D eigenvalue weighted by Gasteiger charge is -2.25. The summed E-state index contributed by atoms with van der Waals surface area (Å²) in [6.45, 7) is 4.26. The van der Waals surface area contributed by atoms with E-state index < -0.39 is 47.1 Å². The van der Waals surface area contributed by atoms with Gasteiger partial charge < -0.3 is 20.7 Å². The molecule has 0 aliphatic carbocycles. The largest absolute Gasteiger partial charge is 0.444 e. The van der Waals surface area contributed by atoms with E-state index in [0.29, 0.717) is 6.07 Å². The van der Waals surface area contributed by atoms with Crippen LogP contribution in [0.2, 0.25) is 0 Å². The van der Waals surface area contributed by atoms with Gasteiger partial charge >= 0.3 is 12.3 Å². The molecule has 0 radical (unpaired) electrons. The Morgan fingerprint density at radius 2 is 1.69 bits per heavy atom. The van der Waals surface area contributed by atoms with E-state index in [2.05, 4.69) is 10.1 Å². The third-order valence-electron chi connectivity index (χ3n) is 2.82. The van der Waals surface area contributed by atoms with Gasteiger partial charge in [0.05, 0.1) is 5.69 Å². The average Bonchev–Trinajstić information content (AvgIpc) is 2.44. The van der Waals surface area contributed by atoms with E-state index in [1.54, 1.807) is 5.32 Å². The van der Waals surface area contributed by atoms with Crippen LogP contribution < -0.4 is 16.0 Å². The molecule has 3 N–H and O–H groups in total. The highest BCUT2D eigenvalue weighted by molar-refractivity contribution is 5.99. The Labute approximate surface area is 146 Å². The molecular formula is C15H18F5N3O3. The van der Waals surface area contributed by atoms with Crippen molar-refractivity contribution >= 4 is 23.4 Å². The van der Waals surface area contributed by atoms with Crippen molar-refractivity contribution in [3.63, 3.8) is 0 Å². The van der Waals surface area contributed by atoms with Crippen molar-refractivity contribution in [3.05, 3.63) is 23.8 Å². The standard InChI is InChI=1S/C15H18F5N3O3/c1-14(2,3)26-13(25)23-11(15(18,19)20)12(24)22-10-8(17)5-7(16)6-9(10)21-4/h5-6,11,21H,1-4H3,(H,22,24)(H,23,25). The van der Waals surface area contributed by atoms with Crippen LogP contribution in [0.25, 0.3) is 0 Å². The Hall–Kier alpha value is -2.59. The number of halogens is 5. The molecule has 0 saturated carbocycles. The molecule has 0 heterocycles. The van der Waals surface area contributed by atoms with E-state index in [4.69, 9.17) is 0 Å². The number of ether oxygens (including phenoxy) is 1. The smallest absolute Gasteiger partial charge is 0.417 e. The summed E-state index contributed by atoms with van der Waals surface area (Å²) in [5.74, 6) is -4.06. The molecule has 11 heteroatoms. The number of hydrogen-bond donors (Lipinski definition) is 3. The molecule has 1 unspecified atom stereocenters. The lowest BCUT2D eigenvalue weighted by atomic mass is 10.2. The summed E-state index contributed by atoms with van der Waals surface area (Å²) in [6, 6.07) is -1.84. The lowest BCUT2D eigenvalue weighted by Crippen LogP contribution is -2.54. The van der Waals surface area contributed by atoms with Crippen LogP contribution in [0, 0.1) is 11.6 Å². The normalized spacial score (nSPS) is 13.0. The van der Waals surface area contributed by atoms with Crippen molar-refractivity contribution in [2.45, 2.75) is 38.6 Å². The van der Waals surface area contributed by atoms with E-state index in [1.807, 2.05) is 0 Å². The van der Waals surface area contributed by atoms with Crippen LogP contribution in [0.5, 0.6) is 0 Å². The van der Waals surface area contributed by atoms with Crippen molar-refractivity contribution < 1.29 is 36.3 Å². The minimum Gasteiger partial charge on any atom is -0.444 e. The molecule has 0 saturated heterocycles. The molecule has 1 aromatic carbocycles. The summed E-state index contributed by atoms with van der Waals surface area (Å²) in [4.78, 5) is 23.5. The zero-order valence-electron chi connectivity index (χ0n) is 14.3. The van der Waals surface area contributed by atoms with Crippen LogP contribution in [0.1, 0.15) is 20.8 Å². The summed E-state index contributed by atoms with van der Waals surface area (Å²) in [5, 5.41) is 5.43. The fourth-order valence-electron chi connectivity index (χ4n) is 1.81. The number of hydrogen-bond acceptors (Lipinski definition) is 4. The van der Waals surface area contributed by atoms with Crippen molar-refractivity contribution in [1.82, 2.24) is 5.32 Å². The zero-order chi connectivity index (χ0) is 20.3. The lowest BCUT2D eigenvalue weighted by molar-refractivity contribution is -0.164. The second kappa shape index (κ2) is 7.75. The van der Waals surface area contributed by atoms with E-state index >= 15 is 0 Å². The molecule has 1 aromatic rings. The van der Waals surface area contributed by atoms with Gasteiger partial charge in [0.25, 0.3) is 5.91 Å². The maximum absolute atomic E-state index is 13.8. The number of carbonyl (C=O) groups is 2. The van der Waals surface area contributed by atoms with Gasteiger partial charge in [-0.05, 0) is 26.8 Å². The minimum absolute atomic E-state index is 0.283. The molecule has 2 amide bonds. The fraction of sp³-hybridized carbons (Fsp3) is 0.467. The molecule has 0 bridgehead atoms. The number of alkyl carbamates (subject to hydrolysis) is 1. The molecular weight excluding hydrogens is 365 g/mol. The number of benzene rings is 1. The number of amides is 2. The number of anilines is 2. The summed E-state index contributed by atoms with van der Waals surface area (Å²) in [7, 11) is 1.25. The molecule has 0 aliphatic heterocycles. The monoisotopic (exact) mass is 383 g/mol. The first-order valence-corrected chi connectivity index (χ1v) is 7.28. The van der Waals surface area contributed by atoms with Gasteiger partial charge in [0, 0.05) is 13.1 Å². The average molecular weight is 383 g/mol. The van der Waals surface area contributed by atoms with E-state index in [0.717, 1.165) is 6.07 Å². The van der Waals surface area contributed by atoms with Crippen LogP contribution in [-0.2, 0) is 9.53 Å². The Bertz CT molecular complexity index is 686. The van der Waals surface area contributed by atoms with Crippen LogP contribution in [0.3, 0.4) is 0 Å². The number of carbonyl (C=O) groups excluding carboxylic acids is 2. The maximum Gasteiger partial charge on any atom is 0.417 e. The first-order chi connectivity index (χ1) is 11.7. The quantitative estimate of drug-likeness (QED) is 0.697. The highest BCUT2D eigenvalue weighted by Gasteiger charge is 2.47. The van der Waals surface area contributed by atoms with E-state index in [-0.39, 0.29) is 5.69 Å². The second-order valence-electron chi connectivity index (χ2n) is 6.17. The van der Waals surface area contributed by atoms with E-state index in [9.17, 15) is 31.5 Å². The highest BCUT2D eigenvalue weighted by atomic mass is 19.4. The van der Waals surface area contributed by atoms with Gasteiger partial charge in [0.1, 0.15) is 17.1 Å². The first-order valence-electron chi connectivity index (χ1n) is 7.28. The number of nitrogens with one attached hydrogen (secondary N) is 3. The van der Waals surface area contributed by atoms with Gasteiger partial charge in [-0.15, -0.1) is 0 Å². The SMILES string of the molecule is CNc1cc(F)cc(F)c1NC(=O)C(NC(=O)OC(C)(C)C)C(F)(F)F. The van der Waals surface area contributed by atoms with Crippen molar-refractivity contribution in [1.29, 1.82) is 0 Å². The molecule has 0 aliphatic rings. The molecule has 0 fully saturated rings. The Kier molecular flexibility index (Phi) is 6.39. The highest BCUT2D eigenvalue weighted by Crippen LogP contribution is 2.28. The predicted molar refractivity (Wildman–Crippen MR) is 83.7 cm³/mol. The molecule has 0 aromatic heterocycles. The van der Waals surface area contributed by atoms with Crippen LogP contribution in [0.4, 0.5) is 38.1 Å².